The smallest absolute Gasteiger partial charge is 0.255 e. The maximum atomic E-state index is 12.7. The quantitative estimate of drug-likeness (QED) is 0.866. The molecule has 0 radical (unpaired) electrons. The molecule has 2 aliphatic heterocycles. The first-order valence-electron chi connectivity index (χ1n) is 9.99. The molecule has 7 nitrogen and oxygen atoms in total. The molecule has 4 rings (SSSR count). The highest BCUT2D eigenvalue weighted by Gasteiger charge is 2.45. The molecule has 148 valence electrons. The first-order valence-corrected chi connectivity index (χ1v) is 9.99. The van der Waals surface area contributed by atoms with Gasteiger partial charge in [-0.05, 0) is 56.0 Å². The lowest BCUT2D eigenvalue weighted by atomic mass is 9.64. The molecule has 0 aliphatic carbocycles. The Balaban J connectivity index is 1.38. The van der Waals surface area contributed by atoms with Crippen molar-refractivity contribution in [2.24, 2.45) is 11.3 Å². The van der Waals surface area contributed by atoms with Crippen molar-refractivity contribution in [3.05, 3.63) is 54.1 Å². The van der Waals surface area contributed by atoms with Crippen LogP contribution < -0.4 is 0 Å². The lowest BCUT2D eigenvalue weighted by Gasteiger charge is -2.51. The van der Waals surface area contributed by atoms with Crippen LogP contribution in [0.3, 0.4) is 0 Å². The highest BCUT2D eigenvalue weighted by atomic mass is 16.3. The molecule has 2 aliphatic rings. The number of aromatic nitrogens is 3. The van der Waals surface area contributed by atoms with Crippen LogP contribution in [0.1, 0.15) is 35.3 Å². The number of nitrogens with zero attached hydrogens (tertiary/aromatic N) is 5. The number of rotatable bonds is 4. The molecule has 1 amide bonds. The number of carbonyl (C=O) groups is 1. The number of hydrogen-bond donors (Lipinski definition) is 1. The summed E-state index contributed by atoms with van der Waals surface area (Å²) < 4.78 is 0. The third-order valence-corrected chi connectivity index (χ3v) is 6.49. The minimum Gasteiger partial charge on any atom is -0.396 e. The fourth-order valence-corrected chi connectivity index (χ4v) is 4.68. The zero-order valence-electron chi connectivity index (χ0n) is 16.1. The molecule has 2 saturated heterocycles. The predicted molar refractivity (Wildman–Crippen MR) is 104 cm³/mol. The Morgan fingerprint density at radius 3 is 2.61 bits per heavy atom. The van der Waals surface area contributed by atoms with Crippen LogP contribution in [0.15, 0.2) is 42.9 Å². The van der Waals surface area contributed by atoms with E-state index in [-0.39, 0.29) is 23.8 Å². The van der Waals surface area contributed by atoms with Crippen molar-refractivity contribution in [2.45, 2.75) is 25.8 Å². The summed E-state index contributed by atoms with van der Waals surface area (Å²) in [7, 11) is 0. The second-order valence-electron chi connectivity index (χ2n) is 7.97. The maximum absolute atomic E-state index is 12.7. The molecular formula is C21H27N5O2. The van der Waals surface area contributed by atoms with Crippen LogP contribution >= 0.6 is 0 Å². The van der Waals surface area contributed by atoms with E-state index in [2.05, 4.69) is 26.1 Å². The Kier molecular flexibility index (Phi) is 5.64. The third kappa shape index (κ3) is 3.91. The number of pyridine rings is 1. The summed E-state index contributed by atoms with van der Waals surface area (Å²) in [5, 5.41) is 17.6. The Morgan fingerprint density at radius 2 is 1.93 bits per heavy atom. The molecule has 28 heavy (non-hydrogen) atoms. The van der Waals surface area contributed by atoms with E-state index >= 15 is 0 Å². The molecule has 4 heterocycles. The van der Waals surface area contributed by atoms with Gasteiger partial charge < -0.3 is 10.0 Å². The van der Waals surface area contributed by atoms with E-state index < -0.39 is 0 Å². The number of hydrogen-bond acceptors (Lipinski definition) is 6. The Hall–Kier alpha value is -2.38. The standard InChI is InChI=1S/C21H27N5O2/c27-16-18-14-26(20(28)17-4-9-23-24-13-17)12-7-21(18)5-10-25(11-6-21)15-19-3-1-2-8-22-19/h1-4,8-9,13,18,27H,5-7,10-12,14-16H2/t18-/m1/s1. The highest BCUT2D eigenvalue weighted by Crippen LogP contribution is 2.45. The molecule has 1 spiro atoms. The van der Waals surface area contributed by atoms with Crippen LogP contribution in [0.5, 0.6) is 0 Å². The molecule has 2 fully saturated rings. The van der Waals surface area contributed by atoms with Crippen molar-refractivity contribution in [3.63, 3.8) is 0 Å². The van der Waals surface area contributed by atoms with Crippen LogP contribution in [0.25, 0.3) is 0 Å². The molecular weight excluding hydrogens is 354 g/mol. The molecule has 7 heteroatoms. The van der Waals surface area contributed by atoms with E-state index in [9.17, 15) is 9.90 Å². The monoisotopic (exact) mass is 381 g/mol. The minimum absolute atomic E-state index is 0.0178. The second kappa shape index (κ2) is 8.32. The molecule has 0 saturated carbocycles. The van der Waals surface area contributed by atoms with Crippen molar-refractivity contribution in [3.8, 4) is 0 Å². The van der Waals surface area contributed by atoms with Crippen LogP contribution in [-0.4, -0.2) is 68.8 Å². The van der Waals surface area contributed by atoms with Gasteiger partial charge in [-0.25, -0.2) is 0 Å². The van der Waals surface area contributed by atoms with Gasteiger partial charge in [0.25, 0.3) is 5.91 Å². The minimum atomic E-state index is -0.0178. The largest absolute Gasteiger partial charge is 0.396 e. The van der Waals surface area contributed by atoms with Gasteiger partial charge >= 0.3 is 0 Å². The van der Waals surface area contributed by atoms with E-state index in [0.29, 0.717) is 12.1 Å². The van der Waals surface area contributed by atoms with E-state index in [0.717, 1.165) is 51.1 Å². The van der Waals surface area contributed by atoms with Gasteiger partial charge in [0.05, 0.1) is 23.7 Å². The summed E-state index contributed by atoms with van der Waals surface area (Å²) in [6, 6.07) is 7.74. The van der Waals surface area contributed by atoms with E-state index in [4.69, 9.17) is 0 Å². The lowest BCUT2D eigenvalue weighted by Crippen LogP contribution is -2.54. The first-order chi connectivity index (χ1) is 13.7. The number of aliphatic hydroxyl groups excluding tert-OH is 1. The third-order valence-electron chi connectivity index (χ3n) is 6.49. The molecule has 2 aromatic rings. The van der Waals surface area contributed by atoms with Crippen LogP contribution in [0.4, 0.5) is 0 Å². The van der Waals surface area contributed by atoms with Gasteiger partial charge in [0.15, 0.2) is 0 Å². The summed E-state index contributed by atoms with van der Waals surface area (Å²) in [4.78, 5) is 21.5. The summed E-state index contributed by atoms with van der Waals surface area (Å²) in [6.07, 6.45) is 7.96. The second-order valence-corrected chi connectivity index (χ2v) is 7.97. The lowest BCUT2D eigenvalue weighted by molar-refractivity contribution is -0.0366. The summed E-state index contributed by atoms with van der Waals surface area (Å²) >= 11 is 0. The SMILES string of the molecule is O=C(c1ccnnc1)N1CCC2(CCN(Cc3ccccn3)CC2)[C@@H](CO)C1. The average Bonchev–Trinajstić information content (AvgIpc) is 2.76. The molecule has 1 N–H and O–H groups in total. The molecule has 0 bridgehead atoms. The Bertz CT molecular complexity index is 778. The number of likely N-dealkylation sites (tertiary alicyclic amines) is 2. The van der Waals surface area contributed by atoms with E-state index in [1.54, 1.807) is 12.3 Å². The average molecular weight is 381 g/mol. The van der Waals surface area contributed by atoms with Gasteiger partial charge in [-0.3, -0.25) is 14.7 Å². The fraction of sp³-hybridized carbons (Fsp3) is 0.524. The van der Waals surface area contributed by atoms with Gasteiger partial charge in [0, 0.05) is 38.4 Å². The normalized spacial score (nSPS) is 22.3. The van der Waals surface area contributed by atoms with Crippen molar-refractivity contribution in [2.75, 3.05) is 32.8 Å². The van der Waals surface area contributed by atoms with Crippen molar-refractivity contribution in [1.29, 1.82) is 0 Å². The van der Waals surface area contributed by atoms with Gasteiger partial charge in [-0.1, -0.05) is 6.07 Å². The first kappa shape index (κ1) is 19.0. The zero-order valence-corrected chi connectivity index (χ0v) is 16.1. The summed E-state index contributed by atoms with van der Waals surface area (Å²) in [5.74, 6) is 0.104. The summed E-state index contributed by atoms with van der Waals surface area (Å²) in [6.45, 7) is 4.36. The fourth-order valence-electron chi connectivity index (χ4n) is 4.68. The van der Waals surface area contributed by atoms with Gasteiger partial charge in [-0.15, -0.1) is 0 Å². The summed E-state index contributed by atoms with van der Waals surface area (Å²) in [5.41, 5.74) is 1.79. The predicted octanol–water partition coefficient (Wildman–Crippen LogP) is 1.61. The number of piperidine rings is 2. The highest BCUT2D eigenvalue weighted by molar-refractivity contribution is 5.93. The zero-order chi connectivity index (χ0) is 19.4. The number of aliphatic hydroxyl groups is 1. The maximum Gasteiger partial charge on any atom is 0.255 e. The van der Waals surface area contributed by atoms with Gasteiger partial charge in [0.2, 0.25) is 0 Å². The Morgan fingerprint density at radius 1 is 1.11 bits per heavy atom. The molecule has 2 aromatic heterocycles. The molecule has 1 atom stereocenters. The molecule has 0 unspecified atom stereocenters. The van der Waals surface area contributed by atoms with Gasteiger partial charge in [-0.2, -0.15) is 10.2 Å². The van der Waals surface area contributed by atoms with E-state index in [1.807, 2.05) is 23.2 Å². The number of amides is 1. The van der Waals surface area contributed by atoms with Crippen molar-refractivity contribution >= 4 is 5.91 Å². The Labute approximate surface area is 165 Å². The van der Waals surface area contributed by atoms with Crippen molar-refractivity contribution in [1.82, 2.24) is 25.0 Å². The topological polar surface area (TPSA) is 82.5 Å². The molecule has 0 aromatic carbocycles. The van der Waals surface area contributed by atoms with Crippen LogP contribution in [0.2, 0.25) is 0 Å². The van der Waals surface area contributed by atoms with Crippen LogP contribution in [0, 0.1) is 11.3 Å². The van der Waals surface area contributed by atoms with Gasteiger partial charge in [0.1, 0.15) is 0 Å². The number of carbonyl (C=O) groups excluding carboxylic acids is 1. The van der Waals surface area contributed by atoms with Crippen molar-refractivity contribution < 1.29 is 9.90 Å². The van der Waals surface area contributed by atoms with E-state index in [1.165, 1.54) is 6.20 Å². The van der Waals surface area contributed by atoms with Crippen LogP contribution in [-0.2, 0) is 6.54 Å².